The van der Waals surface area contributed by atoms with Crippen molar-refractivity contribution in [1.82, 2.24) is 19.5 Å². The zero-order valence-corrected chi connectivity index (χ0v) is 17.5. The Bertz CT molecular complexity index is 1480. The maximum Gasteiger partial charge on any atom is 0.283 e. The first-order chi connectivity index (χ1) is 15.1. The first-order valence-corrected chi connectivity index (χ1v) is 11.1. The van der Waals surface area contributed by atoms with Crippen LogP contribution >= 0.6 is 23.1 Å². The highest BCUT2D eigenvalue weighted by atomic mass is 32.2. The fourth-order valence-corrected chi connectivity index (χ4v) is 4.60. The van der Waals surface area contributed by atoms with Crippen molar-refractivity contribution in [3.8, 4) is 5.69 Å². The van der Waals surface area contributed by atoms with Crippen LogP contribution in [0.2, 0.25) is 0 Å². The van der Waals surface area contributed by atoms with E-state index in [9.17, 15) is 14.0 Å². The first kappa shape index (κ1) is 19.5. The second kappa shape index (κ2) is 7.97. The molecule has 0 saturated heterocycles. The molecule has 0 atom stereocenters. The molecule has 31 heavy (non-hydrogen) atoms. The Morgan fingerprint density at radius 2 is 2.00 bits per heavy atom. The fourth-order valence-electron chi connectivity index (χ4n) is 3.26. The monoisotopic (exact) mass is 451 g/mol. The van der Waals surface area contributed by atoms with Crippen LogP contribution in [-0.2, 0) is 4.79 Å². The number of carbonyl (C=O) groups excluding carboxylic acids is 1. The molecule has 0 aliphatic carbocycles. The van der Waals surface area contributed by atoms with Gasteiger partial charge in [0.15, 0.2) is 10.3 Å². The second-order valence-corrected chi connectivity index (χ2v) is 8.39. The summed E-state index contributed by atoms with van der Waals surface area (Å²) in [5.74, 6) is -0.877. The van der Waals surface area contributed by atoms with E-state index in [4.69, 9.17) is 0 Å². The minimum absolute atomic E-state index is 0.0195. The Labute approximate surface area is 183 Å². The predicted molar refractivity (Wildman–Crippen MR) is 121 cm³/mol. The number of fused-ring (bicyclic) bond motifs is 3. The number of thioether (sulfide) groups is 1. The molecule has 2 aromatic carbocycles. The number of carbonyl (C=O) groups is 1. The van der Waals surface area contributed by atoms with Crippen molar-refractivity contribution >= 4 is 56.1 Å². The molecule has 0 bridgehead atoms. The van der Waals surface area contributed by atoms with Crippen molar-refractivity contribution < 1.29 is 9.18 Å². The van der Waals surface area contributed by atoms with Crippen molar-refractivity contribution in [1.29, 1.82) is 0 Å². The number of benzene rings is 2. The quantitative estimate of drug-likeness (QED) is 0.309. The first-order valence-electron chi connectivity index (χ1n) is 9.22. The smallest absolute Gasteiger partial charge is 0.283 e. The van der Waals surface area contributed by atoms with Crippen LogP contribution in [0.4, 0.5) is 9.52 Å². The van der Waals surface area contributed by atoms with Gasteiger partial charge in [0.25, 0.3) is 5.56 Å². The number of aromatic nitrogens is 4. The minimum Gasteiger partial charge on any atom is -0.349 e. The Balaban J connectivity index is 1.63. The van der Waals surface area contributed by atoms with E-state index < -0.39 is 11.4 Å². The number of hydrogen-bond donors (Lipinski definition) is 2. The number of aromatic amines is 1. The van der Waals surface area contributed by atoms with Crippen LogP contribution in [0, 0.1) is 5.82 Å². The molecule has 7 nitrogen and oxygen atoms in total. The third-order valence-electron chi connectivity index (χ3n) is 4.60. The summed E-state index contributed by atoms with van der Waals surface area (Å²) in [7, 11) is 0. The number of anilines is 1. The molecule has 0 spiro atoms. The van der Waals surface area contributed by atoms with Crippen molar-refractivity contribution in [3.05, 3.63) is 76.3 Å². The molecule has 0 aliphatic heterocycles. The molecule has 0 radical (unpaired) electrons. The van der Waals surface area contributed by atoms with Gasteiger partial charge in [-0.2, -0.15) is 0 Å². The van der Waals surface area contributed by atoms with Crippen LogP contribution in [0.3, 0.4) is 0 Å². The maximum atomic E-state index is 14.6. The fraction of sp³-hybridized carbons (Fsp3) is 0.0476. The van der Waals surface area contributed by atoms with Crippen LogP contribution in [0.1, 0.15) is 0 Å². The zero-order valence-electron chi connectivity index (χ0n) is 15.8. The molecule has 5 rings (SSSR count). The number of halogens is 1. The van der Waals surface area contributed by atoms with E-state index in [2.05, 4.69) is 20.3 Å². The molecule has 3 heterocycles. The molecule has 3 aromatic heterocycles. The summed E-state index contributed by atoms with van der Waals surface area (Å²) in [4.78, 5) is 37.5. The highest BCUT2D eigenvalue weighted by Crippen LogP contribution is 2.27. The summed E-state index contributed by atoms with van der Waals surface area (Å²) in [6, 6.07) is 13.4. The standard InChI is InChI=1S/C21H14FN5O2S2/c22-13-6-2-4-8-15(13)27-19(29)18-17(12-5-1-3-7-14(12)24-18)26-21(27)31-11-16(28)25-20-23-9-10-30-20/h1-10,24H,11H2,(H,23,25,28). The molecule has 154 valence electrons. The minimum atomic E-state index is -0.559. The molecular formula is C21H14FN5O2S2. The molecule has 0 aliphatic rings. The Morgan fingerprint density at radius 3 is 2.81 bits per heavy atom. The Morgan fingerprint density at radius 1 is 1.19 bits per heavy atom. The number of H-pyrrole nitrogens is 1. The lowest BCUT2D eigenvalue weighted by Crippen LogP contribution is -2.23. The van der Waals surface area contributed by atoms with E-state index in [1.165, 1.54) is 28.0 Å². The van der Waals surface area contributed by atoms with Gasteiger partial charge < -0.3 is 10.3 Å². The molecule has 2 N–H and O–H groups in total. The third-order valence-corrected chi connectivity index (χ3v) is 6.23. The molecule has 10 heteroatoms. The lowest BCUT2D eigenvalue weighted by atomic mass is 10.2. The van der Waals surface area contributed by atoms with Gasteiger partial charge in [-0.25, -0.2) is 14.4 Å². The van der Waals surface area contributed by atoms with Gasteiger partial charge in [0.2, 0.25) is 5.91 Å². The summed E-state index contributed by atoms with van der Waals surface area (Å²) in [6.45, 7) is 0. The summed E-state index contributed by atoms with van der Waals surface area (Å²) >= 11 is 2.36. The number of hydrogen-bond acceptors (Lipinski definition) is 6. The van der Waals surface area contributed by atoms with Gasteiger partial charge in [0.1, 0.15) is 16.9 Å². The normalized spacial score (nSPS) is 11.3. The third kappa shape index (κ3) is 3.60. The molecule has 0 unspecified atom stereocenters. The summed E-state index contributed by atoms with van der Waals surface area (Å²) in [5, 5.41) is 5.94. The largest absolute Gasteiger partial charge is 0.349 e. The van der Waals surface area contributed by atoms with Gasteiger partial charge >= 0.3 is 0 Å². The van der Waals surface area contributed by atoms with Gasteiger partial charge in [-0.1, -0.05) is 42.1 Å². The zero-order chi connectivity index (χ0) is 21.4. The van der Waals surface area contributed by atoms with E-state index >= 15 is 0 Å². The van der Waals surface area contributed by atoms with Crippen molar-refractivity contribution in [2.45, 2.75) is 5.16 Å². The van der Waals surface area contributed by atoms with Gasteiger partial charge in [-0.3, -0.25) is 14.2 Å². The van der Waals surface area contributed by atoms with Crippen molar-refractivity contribution in [2.75, 3.05) is 11.1 Å². The number of para-hydroxylation sites is 2. The van der Waals surface area contributed by atoms with E-state index in [0.29, 0.717) is 10.6 Å². The van der Waals surface area contributed by atoms with Crippen LogP contribution in [0.5, 0.6) is 0 Å². The predicted octanol–water partition coefficient (Wildman–Crippen LogP) is 4.19. The van der Waals surface area contributed by atoms with E-state index in [1.54, 1.807) is 23.7 Å². The van der Waals surface area contributed by atoms with Crippen molar-refractivity contribution in [3.63, 3.8) is 0 Å². The average molecular weight is 452 g/mol. The average Bonchev–Trinajstić information content (AvgIpc) is 3.41. The Kier molecular flexibility index (Phi) is 5.00. The molecular weight excluding hydrogens is 437 g/mol. The number of nitrogens with zero attached hydrogens (tertiary/aromatic N) is 3. The van der Waals surface area contributed by atoms with E-state index in [1.807, 2.05) is 24.3 Å². The highest BCUT2D eigenvalue weighted by molar-refractivity contribution is 7.99. The van der Waals surface area contributed by atoms with Gasteiger partial charge in [-0.15, -0.1) is 11.3 Å². The lowest BCUT2D eigenvalue weighted by molar-refractivity contribution is -0.113. The second-order valence-electron chi connectivity index (χ2n) is 6.55. The maximum absolute atomic E-state index is 14.6. The lowest BCUT2D eigenvalue weighted by Gasteiger charge is -2.12. The molecule has 1 amide bonds. The van der Waals surface area contributed by atoms with Crippen LogP contribution in [0.25, 0.3) is 27.6 Å². The molecule has 5 aromatic rings. The van der Waals surface area contributed by atoms with Crippen LogP contribution in [0.15, 0.2) is 70.1 Å². The Hall–Kier alpha value is -3.50. The number of rotatable bonds is 5. The number of thiazole rings is 1. The topological polar surface area (TPSA) is 92.7 Å². The van der Waals surface area contributed by atoms with Crippen LogP contribution < -0.4 is 10.9 Å². The summed E-state index contributed by atoms with van der Waals surface area (Å²) in [6.07, 6.45) is 1.59. The van der Waals surface area contributed by atoms with Crippen molar-refractivity contribution in [2.24, 2.45) is 0 Å². The highest BCUT2D eigenvalue weighted by Gasteiger charge is 2.19. The summed E-state index contributed by atoms with van der Waals surface area (Å²) in [5.41, 5.74) is 1.15. The van der Waals surface area contributed by atoms with Gasteiger partial charge in [0.05, 0.1) is 11.4 Å². The molecule has 0 saturated carbocycles. The number of nitrogens with one attached hydrogen (secondary N) is 2. The van der Waals surface area contributed by atoms with Crippen LogP contribution in [-0.4, -0.2) is 31.2 Å². The number of amides is 1. The SMILES string of the molecule is O=C(CSc1nc2c([nH]c3ccccc32)c(=O)n1-c1ccccc1F)Nc1nccs1. The van der Waals surface area contributed by atoms with Gasteiger partial charge in [-0.05, 0) is 18.2 Å². The molecule has 0 fully saturated rings. The van der Waals surface area contributed by atoms with E-state index in [0.717, 1.165) is 22.7 Å². The van der Waals surface area contributed by atoms with E-state index in [-0.39, 0.29) is 28.0 Å². The van der Waals surface area contributed by atoms with Gasteiger partial charge in [0, 0.05) is 22.5 Å². The summed E-state index contributed by atoms with van der Waals surface area (Å²) < 4.78 is 15.8.